The number of sulfonamides is 1. The predicted molar refractivity (Wildman–Crippen MR) is 100 cm³/mol. The molecule has 1 aliphatic heterocycles. The molecule has 0 spiro atoms. The standard InChI is InChI=1S/C18H20N2O3S2/c1-13(14-5-3-2-4-6-14)12-19-25(22,23)15-7-8-17-16(11-15)20-18(21)9-10-24-17/h2-8,11,13,19H,9-10,12H2,1H3,(H,20,21)/t13-/m1/s1. The van der Waals surface area contributed by atoms with Gasteiger partial charge in [0, 0.05) is 23.6 Å². The summed E-state index contributed by atoms with van der Waals surface area (Å²) in [5, 5.41) is 2.77. The van der Waals surface area contributed by atoms with E-state index in [0.29, 0.717) is 24.4 Å². The molecule has 0 bridgehead atoms. The molecule has 0 saturated carbocycles. The van der Waals surface area contributed by atoms with Gasteiger partial charge >= 0.3 is 0 Å². The first-order chi connectivity index (χ1) is 12.0. The van der Waals surface area contributed by atoms with E-state index in [-0.39, 0.29) is 16.7 Å². The molecule has 0 aliphatic carbocycles. The smallest absolute Gasteiger partial charge is 0.240 e. The quantitative estimate of drug-likeness (QED) is 0.840. The Hall–Kier alpha value is -1.83. The van der Waals surface area contributed by atoms with Crippen LogP contribution in [-0.2, 0) is 14.8 Å². The van der Waals surface area contributed by atoms with E-state index in [1.54, 1.807) is 23.9 Å². The number of carbonyl (C=O) groups excluding carboxylic acids is 1. The van der Waals surface area contributed by atoms with Gasteiger partial charge in [-0.1, -0.05) is 37.3 Å². The SMILES string of the molecule is C[C@H](CNS(=O)(=O)c1ccc2c(c1)NC(=O)CCS2)c1ccccc1. The van der Waals surface area contributed by atoms with Crippen LogP contribution in [0.25, 0.3) is 0 Å². The zero-order valence-electron chi connectivity index (χ0n) is 13.9. The van der Waals surface area contributed by atoms with E-state index in [4.69, 9.17) is 0 Å². The van der Waals surface area contributed by atoms with Crippen molar-refractivity contribution in [3.8, 4) is 0 Å². The van der Waals surface area contributed by atoms with Crippen LogP contribution in [0.1, 0.15) is 24.8 Å². The van der Waals surface area contributed by atoms with Gasteiger partial charge in [0.1, 0.15) is 0 Å². The molecule has 2 aromatic carbocycles. The lowest BCUT2D eigenvalue weighted by atomic mass is 10.0. The molecule has 0 aromatic heterocycles. The summed E-state index contributed by atoms with van der Waals surface area (Å²) in [6, 6.07) is 14.6. The van der Waals surface area contributed by atoms with Crippen molar-refractivity contribution in [2.24, 2.45) is 0 Å². The van der Waals surface area contributed by atoms with E-state index in [2.05, 4.69) is 10.0 Å². The second-order valence-electron chi connectivity index (χ2n) is 5.97. The Kier molecular flexibility index (Phi) is 5.46. The van der Waals surface area contributed by atoms with Crippen LogP contribution in [-0.4, -0.2) is 26.6 Å². The topological polar surface area (TPSA) is 75.3 Å². The molecular formula is C18H20N2O3S2. The van der Waals surface area contributed by atoms with Crippen LogP contribution in [0.4, 0.5) is 5.69 Å². The van der Waals surface area contributed by atoms with Crippen LogP contribution >= 0.6 is 11.8 Å². The van der Waals surface area contributed by atoms with Gasteiger partial charge in [0.05, 0.1) is 10.6 Å². The van der Waals surface area contributed by atoms with Crippen molar-refractivity contribution in [1.82, 2.24) is 4.72 Å². The molecule has 1 aliphatic rings. The highest BCUT2D eigenvalue weighted by atomic mass is 32.2. The predicted octanol–water partition coefficient (Wildman–Crippen LogP) is 3.20. The summed E-state index contributed by atoms with van der Waals surface area (Å²) in [6.45, 7) is 2.29. The van der Waals surface area contributed by atoms with Gasteiger partial charge in [0.2, 0.25) is 15.9 Å². The van der Waals surface area contributed by atoms with E-state index in [1.165, 1.54) is 6.07 Å². The third-order valence-corrected chi connectivity index (χ3v) is 6.57. The Balaban J connectivity index is 1.75. The number of benzene rings is 2. The number of amides is 1. The van der Waals surface area contributed by atoms with Crippen LogP contribution < -0.4 is 10.0 Å². The molecule has 2 N–H and O–H groups in total. The highest BCUT2D eigenvalue weighted by Crippen LogP contribution is 2.32. The van der Waals surface area contributed by atoms with Gasteiger partial charge in [-0.15, -0.1) is 11.8 Å². The van der Waals surface area contributed by atoms with E-state index >= 15 is 0 Å². The molecular weight excluding hydrogens is 356 g/mol. The van der Waals surface area contributed by atoms with E-state index < -0.39 is 10.0 Å². The molecule has 3 rings (SSSR count). The minimum Gasteiger partial charge on any atom is -0.325 e. The second kappa shape index (κ2) is 7.59. The van der Waals surface area contributed by atoms with E-state index in [0.717, 1.165) is 10.5 Å². The molecule has 0 saturated heterocycles. The Bertz CT molecular complexity index is 867. The minimum atomic E-state index is -3.64. The number of hydrogen-bond acceptors (Lipinski definition) is 4. The number of thioether (sulfide) groups is 1. The fourth-order valence-electron chi connectivity index (χ4n) is 2.58. The number of carbonyl (C=O) groups is 1. The highest BCUT2D eigenvalue weighted by Gasteiger charge is 2.20. The first kappa shape index (κ1) is 18.0. The van der Waals surface area contributed by atoms with E-state index in [9.17, 15) is 13.2 Å². The average Bonchev–Trinajstić information content (AvgIpc) is 2.80. The van der Waals surface area contributed by atoms with Crippen molar-refractivity contribution in [3.63, 3.8) is 0 Å². The van der Waals surface area contributed by atoms with Crippen LogP contribution in [0, 0.1) is 0 Å². The Morgan fingerprint density at radius 3 is 2.72 bits per heavy atom. The lowest BCUT2D eigenvalue weighted by Crippen LogP contribution is -2.27. The van der Waals surface area contributed by atoms with Crippen LogP contribution in [0.5, 0.6) is 0 Å². The van der Waals surface area contributed by atoms with Crippen molar-refractivity contribution in [3.05, 3.63) is 54.1 Å². The third-order valence-electron chi connectivity index (χ3n) is 4.07. The van der Waals surface area contributed by atoms with Gasteiger partial charge in [-0.2, -0.15) is 0 Å². The average molecular weight is 377 g/mol. The van der Waals surface area contributed by atoms with Gasteiger partial charge in [-0.25, -0.2) is 13.1 Å². The molecule has 1 atom stereocenters. The summed E-state index contributed by atoms with van der Waals surface area (Å²) in [5.41, 5.74) is 1.64. The molecule has 132 valence electrons. The monoisotopic (exact) mass is 376 g/mol. The van der Waals surface area contributed by atoms with Crippen LogP contribution in [0.2, 0.25) is 0 Å². The zero-order chi connectivity index (χ0) is 17.9. The lowest BCUT2D eigenvalue weighted by Gasteiger charge is -2.14. The summed E-state index contributed by atoms with van der Waals surface area (Å²) < 4.78 is 27.8. The maximum Gasteiger partial charge on any atom is 0.240 e. The highest BCUT2D eigenvalue weighted by molar-refractivity contribution is 7.99. The van der Waals surface area contributed by atoms with Crippen molar-refractivity contribution >= 4 is 33.4 Å². The summed E-state index contributed by atoms with van der Waals surface area (Å²) in [4.78, 5) is 12.7. The molecule has 5 nitrogen and oxygen atoms in total. The van der Waals surface area contributed by atoms with Gasteiger partial charge < -0.3 is 5.32 Å². The maximum atomic E-state index is 12.6. The van der Waals surface area contributed by atoms with Crippen LogP contribution in [0.15, 0.2) is 58.3 Å². The third kappa shape index (κ3) is 4.42. The number of hydrogen-bond donors (Lipinski definition) is 2. The second-order valence-corrected chi connectivity index (χ2v) is 8.87. The number of fused-ring (bicyclic) bond motifs is 1. The fourth-order valence-corrected chi connectivity index (χ4v) is 4.68. The van der Waals surface area contributed by atoms with E-state index in [1.807, 2.05) is 37.3 Å². The van der Waals surface area contributed by atoms with Gasteiger partial charge in [0.15, 0.2) is 0 Å². The number of rotatable bonds is 5. The Morgan fingerprint density at radius 2 is 1.96 bits per heavy atom. The minimum absolute atomic E-state index is 0.0621. The summed E-state index contributed by atoms with van der Waals surface area (Å²) in [6.07, 6.45) is 0.425. The van der Waals surface area contributed by atoms with Gasteiger partial charge in [-0.05, 0) is 29.7 Å². The molecule has 0 radical (unpaired) electrons. The zero-order valence-corrected chi connectivity index (χ0v) is 15.5. The molecule has 0 fully saturated rings. The molecule has 1 amide bonds. The molecule has 2 aromatic rings. The first-order valence-electron chi connectivity index (χ1n) is 8.07. The van der Waals surface area contributed by atoms with Crippen molar-refractivity contribution < 1.29 is 13.2 Å². The summed E-state index contributed by atoms with van der Waals surface area (Å²) >= 11 is 1.55. The van der Waals surface area contributed by atoms with Crippen LogP contribution in [0.3, 0.4) is 0 Å². The lowest BCUT2D eigenvalue weighted by molar-refractivity contribution is -0.115. The molecule has 25 heavy (non-hydrogen) atoms. The van der Waals surface area contributed by atoms with Crippen molar-refractivity contribution in [2.45, 2.75) is 29.1 Å². The summed E-state index contributed by atoms with van der Waals surface area (Å²) in [5.74, 6) is 0.663. The normalized spacial score (nSPS) is 15.8. The van der Waals surface area contributed by atoms with Crippen molar-refractivity contribution in [1.29, 1.82) is 0 Å². The first-order valence-corrected chi connectivity index (χ1v) is 10.5. The van der Waals surface area contributed by atoms with Crippen molar-refractivity contribution in [2.75, 3.05) is 17.6 Å². The number of nitrogens with one attached hydrogen (secondary N) is 2. The molecule has 0 unspecified atom stereocenters. The summed E-state index contributed by atoms with van der Waals surface area (Å²) in [7, 11) is -3.64. The largest absolute Gasteiger partial charge is 0.325 e. The Labute approximate surface area is 152 Å². The molecule has 7 heteroatoms. The van der Waals surface area contributed by atoms with Gasteiger partial charge in [0.25, 0.3) is 0 Å². The Morgan fingerprint density at radius 1 is 1.20 bits per heavy atom. The number of anilines is 1. The molecule has 1 heterocycles. The maximum absolute atomic E-state index is 12.6. The fraction of sp³-hybridized carbons (Fsp3) is 0.278. The van der Waals surface area contributed by atoms with Gasteiger partial charge in [-0.3, -0.25) is 4.79 Å².